The molecular weight excluding hydrogens is 458 g/mol. The molecule has 9 nitrogen and oxygen atoms in total. The number of nitrogens with one attached hydrogen (secondary N) is 1. The molecule has 10 heteroatoms. The zero-order chi connectivity index (χ0) is 24.6. The Morgan fingerprint density at radius 1 is 0.941 bits per heavy atom. The number of hydrogen-bond acceptors (Lipinski definition) is 7. The van der Waals surface area contributed by atoms with Crippen molar-refractivity contribution in [2.24, 2.45) is 5.10 Å². The highest BCUT2D eigenvalue weighted by Crippen LogP contribution is 2.27. The Kier molecular flexibility index (Phi) is 8.10. The van der Waals surface area contributed by atoms with E-state index in [1.165, 1.54) is 20.4 Å². The summed E-state index contributed by atoms with van der Waals surface area (Å²) in [4.78, 5) is 12.4. The Bertz CT molecular complexity index is 1250. The fourth-order valence-electron chi connectivity index (χ4n) is 2.98. The van der Waals surface area contributed by atoms with E-state index in [9.17, 15) is 13.2 Å². The number of carbonyl (C=O) groups is 1. The zero-order valence-corrected chi connectivity index (χ0v) is 19.8. The minimum atomic E-state index is -3.73. The first-order chi connectivity index (χ1) is 16.3. The summed E-state index contributed by atoms with van der Waals surface area (Å²) in [5.74, 6) is 1.66. The van der Waals surface area contributed by atoms with E-state index in [1.807, 2.05) is 30.3 Å². The lowest BCUT2D eigenvalue weighted by atomic mass is 10.2. The molecule has 0 heterocycles. The lowest BCUT2D eigenvalue weighted by molar-refractivity contribution is -0.119. The molecule has 0 aliphatic carbocycles. The van der Waals surface area contributed by atoms with Gasteiger partial charge in [0, 0.05) is 0 Å². The topological polar surface area (TPSA) is 107 Å². The first kappa shape index (κ1) is 24.6. The fraction of sp³-hybridized carbons (Fsp3) is 0.167. The Morgan fingerprint density at radius 3 is 2.21 bits per heavy atom. The van der Waals surface area contributed by atoms with Crippen LogP contribution in [0.4, 0.5) is 5.69 Å². The van der Waals surface area contributed by atoms with Crippen LogP contribution in [0, 0.1) is 0 Å². The third-order valence-corrected chi connectivity index (χ3v) is 5.74. The molecule has 0 unspecified atom stereocenters. The van der Waals surface area contributed by atoms with Crippen molar-refractivity contribution < 1.29 is 27.4 Å². The van der Waals surface area contributed by atoms with Crippen LogP contribution in [0.2, 0.25) is 0 Å². The summed E-state index contributed by atoms with van der Waals surface area (Å²) in [5, 5.41) is 3.90. The molecule has 1 N–H and O–H groups in total. The van der Waals surface area contributed by atoms with Crippen LogP contribution in [0.3, 0.4) is 0 Å². The highest BCUT2D eigenvalue weighted by Gasteiger charge is 2.20. The standard InChI is InChI=1S/C24H25N3O6S/c1-31-22-14-9-18(15-23(22)32-2)16-25-26-24(28)17-27(34(3,29)30)19-10-12-21(13-11-19)33-20-7-5-4-6-8-20/h4-16H,17H2,1-3H3,(H,26,28)/b25-16-. The molecule has 0 aliphatic rings. The van der Waals surface area contributed by atoms with E-state index < -0.39 is 22.5 Å². The van der Waals surface area contributed by atoms with Crippen molar-refractivity contribution in [3.8, 4) is 23.0 Å². The van der Waals surface area contributed by atoms with Crippen LogP contribution >= 0.6 is 0 Å². The van der Waals surface area contributed by atoms with Crippen LogP contribution in [0.15, 0.2) is 77.9 Å². The molecule has 0 radical (unpaired) electrons. The number of rotatable bonds is 10. The third kappa shape index (κ3) is 6.72. The van der Waals surface area contributed by atoms with Gasteiger partial charge in [-0.15, -0.1) is 0 Å². The smallest absolute Gasteiger partial charge is 0.260 e. The van der Waals surface area contributed by atoms with E-state index in [0.29, 0.717) is 34.2 Å². The molecule has 0 aromatic heterocycles. The van der Waals surface area contributed by atoms with E-state index in [1.54, 1.807) is 42.5 Å². The molecule has 3 rings (SSSR count). The van der Waals surface area contributed by atoms with Gasteiger partial charge in [0.05, 0.1) is 32.4 Å². The van der Waals surface area contributed by atoms with Crippen LogP contribution in [0.1, 0.15) is 5.56 Å². The molecular formula is C24H25N3O6S. The minimum absolute atomic E-state index is 0.321. The average molecular weight is 484 g/mol. The monoisotopic (exact) mass is 483 g/mol. The maximum Gasteiger partial charge on any atom is 0.260 e. The summed E-state index contributed by atoms with van der Waals surface area (Å²) in [7, 11) is -0.684. The largest absolute Gasteiger partial charge is 0.493 e. The molecule has 0 aliphatic heterocycles. The van der Waals surface area contributed by atoms with Crippen molar-refractivity contribution >= 4 is 27.8 Å². The van der Waals surface area contributed by atoms with E-state index in [0.717, 1.165) is 10.6 Å². The average Bonchev–Trinajstić information content (AvgIpc) is 2.83. The van der Waals surface area contributed by atoms with Gasteiger partial charge in [0.25, 0.3) is 5.91 Å². The van der Waals surface area contributed by atoms with E-state index in [2.05, 4.69) is 10.5 Å². The lowest BCUT2D eigenvalue weighted by Gasteiger charge is -2.21. The summed E-state index contributed by atoms with van der Waals surface area (Å²) in [6.07, 6.45) is 2.45. The summed E-state index contributed by atoms with van der Waals surface area (Å²) in [6.45, 7) is -0.443. The van der Waals surface area contributed by atoms with Crippen molar-refractivity contribution in [3.05, 3.63) is 78.4 Å². The van der Waals surface area contributed by atoms with Gasteiger partial charge in [-0.2, -0.15) is 5.10 Å². The number of anilines is 1. The number of carbonyl (C=O) groups excluding carboxylic acids is 1. The second-order valence-corrected chi connectivity index (χ2v) is 8.99. The summed E-state index contributed by atoms with van der Waals surface area (Å²) < 4.78 is 41.8. The summed E-state index contributed by atoms with van der Waals surface area (Å²) >= 11 is 0. The molecule has 3 aromatic rings. The summed E-state index contributed by atoms with van der Waals surface area (Å²) in [5.41, 5.74) is 3.32. The highest BCUT2D eigenvalue weighted by molar-refractivity contribution is 7.92. The first-order valence-corrected chi connectivity index (χ1v) is 12.0. The number of benzene rings is 3. The van der Waals surface area contributed by atoms with Gasteiger partial charge in [0.1, 0.15) is 18.0 Å². The third-order valence-electron chi connectivity index (χ3n) is 4.60. The second kappa shape index (κ2) is 11.2. The van der Waals surface area contributed by atoms with Crippen LogP contribution in [0.5, 0.6) is 23.0 Å². The van der Waals surface area contributed by atoms with Crippen molar-refractivity contribution in [2.75, 3.05) is 31.3 Å². The number of ether oxygens (including phenoxy) is 3. The van der Waals surface area contributed by atoms with Gasteiger partial charge < -0.3 is 14.2 Å². The molecule has 3 aromatic carbocycles. The summed E-state index contributed by atoms with van der Waals surface area (Å²) in [6, 6.07) is 20.7. The predicted octanol–water partition coefficient (Wildman–Crippen LogP) is 3.41. The van der Waals surface area contributed by atoms with Gasteiger partial charge in [0.15, 0.2) is 11.5 Å². The number of hydrogen-bond donors (Lipinski definition) is 1. The molecule has 0 saturated carbocycles. The number of sulfonamides is 1. The molecule has 34 heavy (non-hydrogen) atoms. The highest BCUT2D eigenvalue weighted by atomic mass is 32.2. The number of nitrogens with zero attached hydrogens (tertiary/aromatic N) is 2. The number of hydrazone groups is 1. The normalized spacial score (nSPS) is 11.1. The molecule has 0 fully saturated rings. The lowest BCUT2D eigenvalue weighted by Crippen LogP contribution is -2.39. The van der Waals surface area contributed by atoms with Crippen LogP contribution in [-0.2, 0) is 14.8 Å². The van der Waals surface area contributed by atoms with E-state index in [-0.39, 0.29) is 0 Å². The number of amides is 1. The van der Waals surface area contributed by atoms with Gasteiger partial charge in [-0.25, -0.2) is 13.8 Å². The maximum atomic E-state index is 12.4. The molecule has 1 amide bonds. The van der Waals surface area contributed by atoms with Crippen LogP contribution in [-0.4, -0.2) is 47.6 Å². The van der Waals surface area contributed by atoms with Crippen molar-refractivity contribution in [2.45, 2.75) is 0 Å². The minimum Gasteiger partial charge on any atom is -0.493 e. The molecule has 178 valence electrons. The quantitative estimate of drug-likeness (QED) is 0.350. The van der Waals surface area contributed by atoms with Crippen molar-refractivity contribution in [1.82, 2.24) is 5.43 Å². The Labute approximate surface area is 198 Å². The van der Waals surface area contributed by atoms with Gasteiger partial charge in [-0.1, -0.05) is 18.2 Å². The Balaban J connectivity index is 1.66. The molecule has 0 bridgehead atoms. The number of para-hydroxylation sites is 1. The SMILES string of the molecule is COc1ccc(/C=N\NC(=O)CN(c2ccc(Oc3ccccc3)cc2)S(C)(=O)=O)cc1OC. The van der Waals surface area contributed by atoms with Crippen LogP contribution in [0.25, 0.3) is 0 Å². The number of methoxy groups -OCH3 is 2. The van der Waals surface area contributed by atoms with Gasteiger partial charge in [-0.3, -0.25) is 9.10 Å². The van der Waals surface area contributed by atoms with Gasteiger partial charge in [-0.05, 0) is 60.2 Å². The molecule has 0 spiro atoms. The van der Waals surface area contributed by atoms with Gasteiger partial charge >= 0.3 is 0 Å². The first-order valence-electron chi connectivity index (χ1n) is 10.1. The molecule has 0 saturated heterocycles. The van der Waals surface area contributed by atoms with Gasteiger partial charge in [0.2, 0.25) is 10.0 Å². The van der Waals surface area contributed by atoms with E-state index in [4.69, 9.17) is 14.2 Å². The Hall–Kier alpha value is -4.05. The zero-order valence-electron chi connectivity index (χ0n) is 19.0. The van der Waals surface area contributed by atoms with Crippen molar-refractivity contribution in [1.29, 1.82) is 0 Å². The maximum absolute atomic E-state index is 12.4. The van der Waals surface area contributed by atoms with Crippen LogP contribution < -0.4 is 23.9 Å². The van der Waals surface area contributed by atoms with E-state index >= 15 is 0 Å². The van der Waals surface area contributed by atoms with Crippen molar-refractivity contribution in [3.63, 3.8) is 0 Å². The second-order valence-electron chi connectivity index (χ2n) is 7.09. The fourth-order valence-corrected chi connectivity index (χ4v) is 3.84. The molecule has 0 atom stereocenters. The Morgan fingerprint density at radius 2 is 1.59 bits per heavy atom. The predicted molar refractivity (Wildman–Crippen MR) is 130 cm³/mol.